The summed E-state index contributed by atoms with van der Waals surface area (Å²) in [5.41, 5.74) is 1.39. The topological polar surface area (TPSA) is 63.4 Å². The number of hydrogen-bond donors (Lipinski definition) is 1. The number of piperidine rings is 1. The third-order valence-electron chi connectivity index (χ3n) is 5.31. The van der Waals surface area contributed by atoms with Crippen molar-refractivity contribution < 1.29 is 9.26 Å². The van der Waals surface area contributed by atoms with Gasteiger partial charge in [0.2, 0.25) is 5.89 Å². The summed E-state index contributed by atoms with van der Waals surface area (Å²) in [4.78, 5) is 7.05. The van der Waals surface area contributed by atoms with E-state index in [1.165, 1.54) is 18.4 Å². The molecule has 1 aromatic rings. The van der Waals surface area contributed by atoms with E-state index in [1.807, 2.05) is 6.92 Å². The summed E-state index contributed by atoms with van der Waals surface area (Å²) in [6, 6.07) is 0.669. The Morgan fingerprint density at radius 2 is 1.96 bits per heavy atom. The van der Waals surface area contributed by atoms with Crippen molar-refractivity contribution in [3.8, 4) is 0 Å². The van der Waals surface area contributed by atoms with Gasteiger partial charge in [0, 0.05) is 25.8 Å². The zero-order valence-corrected chi connectivity index (χ0v) is 15.8. The first-order valence-electron chi connectivity index (χ1n) is 9.61. The molecule has 1 atom stereocenters. The third-order valence-corrected chi connectivity index (χ3v) is 5.31. The molecule has 6 heteroatoms. The van der Waals surface area contributed by atoms with Crippen molar-refractivity contribution in [2.75, 3.05) is 32.8 Å². The zero-order chi connectivity index (χ0) is 17.6. The molecule has 0 spiro atoms. The van der Waals surface area contributed by atoms with Gasteiger partial charge >= 0.3 is 0 Å². The fourth-order valence-corrected chi connectivity index (χ4v) is 3.75. The molecule has 0 amide bonds. The lowest BCUT2D eigenvalue weighted by Gasteiger charge is -2.36. The number of aromatic nitrogens is 2. The highest BCUT2D eigenvalue weighted by Gasteiger charge is 2.32. The summed E-state index contributed by atoms with van der Waals surface area (Å²) in [6.45, 7) is 11.2. The molecule has 25 heavy (non-hydrogen) atoms. The highest BCUT2D eigenvalue weighted by molar-refractivity contribution is 4.99. The summed E-state index contributed by atoms with van der Waals surface area (Å²) < 4.78 is 11.1. The lowest BCUT2D eigenvalue weighted by atomic mass is 9.90. The second-order valence-electron chi connectivity index (χ2n) is 7.63. The summed E-state index contributed by atoms with van der Waals surface area (Å²) in [6.07, 6.45) is 6.77. The maximum absolute atomic E-state index is 5.53. The second kappa shape index (κ2) is 8.92. The van der Waals surface area contributed by atoms with E-state index in [4.69, 9.17) is 9.26 Å². The highest BCUT2D eigenvalue weighted by Crippen LogP contribution is 2.30. The molecule has 140 valence electrons. The Hall–Kier alpha value is -1.24. The second-order valence-corrected chi connectivity index (χ2v) is 7.63. The van der Waals surface area contributed by atoms with E-state index in [2.05, 4.69) is 40.3 Å². The van der Waals surface area contributed by atoms with E-state index in [-0.39, 0.29) is 6.04 Å². The first kappa shape index (κ1) is 18.5. The van der Waals surface area contributed by atoms with E-state index in [1.54, 1.807) is 0 Å². The fourth-order valence-electron chi connectivity index (χ4n) is 3.75. The molecule has 1 unspecified atom stereocenters. The van der Waals surface area contributed by atoms with E-state index in [0.29, 0.717) is 17.8 Å². The van der Waals surface area contributed by atoms with Crippen molar-refractivity contribution in [3.63, 3.8) is 0 Å². The van der Waals surface area contributed by atoms with Gasteiger partial charge in [-0.3, -0.25) is 4.90 Å². The van der Waals surface area contributed by atoms with Crippen LogP contribution in [0.25, 0.3) is 0 Å². The normalized spacial score (nSPS) is 22.0. The Bertz CT molecular complexity index is 554. The molecule has 0 saturated carbocycles. The molecule has 2 saturated heterocycles. The van der Waals surface area contributed by atoms with Gasteiger partial charge in [0.1, 0.15) is 0 Å². The minimum Gasteiger partial charge on any atom is -0.381 e. The first-order valence-corrected chi connectivity index (χ1v) is 9.61. The maximum Gasteiger partial charge on any atom is 0.244 e. The SMILES string of the molecule is CC(C)=CCN1CCC(NC(c2nc(C)no2)C2CCOCC2)CC1. The van der Waals surface area contributed by atoms with Crippen LogP contribution in [-0.2, 0) is 4.74 Å². The molecule has 0 aliphatic carbocycles. The van der Waals surface area contributed by atoms with Crippen LogP contribution in [-0.4, -0.2) is 53.9 Å². The van der Waals surface area contributed by atoms with E-state index < -0.39 is 0 Å². The van der Waals surface area contributed by atoms with E-state index >= 15 is 0 Å². The third kappa shape index (κ3) is 5.36. The van der Waals surface area contributed by atoms with Crippen LogP contribution in [0.3, 0.4) is 0 Å². The molecule has 1 N–H and O–H groups in total. The number of likely N-dealkylation sites (tertiary alicyclic amines) is 1. The lowest BCUT2D eigenvalue weighted by molar-refractivity contribution is 0.0446. The zero-order valence-electron chi connectivity index (χ0n) is 15.8. The quantitative estimate of drug-likeness (QED) is 0.798. The number of allylic oxidation sites excluding steroid dienone is 1. The smallest absolute Gasteiger partial charge is 0.244 e. The van der Waals surface area contributed by atoms with Crippen LogP contribution in [0, 0.1) is 12.8 Å². The summed E-state index contributed by atoms with van der Waals surface area (Å²) in [5.74, 6) is 1.97. The molecular weight excluding hydrogens is 316 g/mol. The fraction of sp³-hybridized carbons (Fsp3) is 0.789. The molecule has 3 heterocycles. The number of nitrogens with one attached hydrogen (secondary N) is 1. The van der Waals surface area contributed by atoms with Crippen molar-refractivity contribution in [2.24, 2.45) is 5.92 Å². The Labute approximate surface area is 151 Å². The molecule has 3 rings (SSSR count). The summed E-state index contributed by atoms with van der Waals surface area (Å²) in [5, 5.41) is 7.85. The average Bonchev–Trinajstić information content (AvgIpc) is 3.05. The number of nitrogens with zero attached hydrogens (tertiary/aromatic N) is 3. The standard InChI is InChI=1S/C19H32N4O2/c1-14(2)4-9-23-10-5-17(6-11-23)21-18(16-7-12-24-13-8-16)19-20-15(3)22-25-19/h4,16-18,21H,5-13H2,1-3H3. The Kier molecular flexibility index (Phi) is 6.62. The number of rotatable bonds is 6. The molecule has 1 aromatic heterocycles. The van der Waals surface area contributed by atoms with Gasteiger partial charge in [0.05, 0.1) is 6.04 Å². The minimum absolute atomic E-state index is 0.152. The molecule has 0 radical (unpaired) electrons. The van der Waals surface area contributed by atoms with Gasteiger partial charge in [-0.1, -0.05) is 16.8 Å². The Morgan fingerprint density at radius 1 is 1.24 bits per heavy atom. The highest BCUT2D eigenvalue weighted by atomic mass is 16.5. The van der Waals surface area contributed by atoms with Crippen molar-refractivity contribution in [1.82, 2.24) is 20.4 Å². The minimum atomic E-state index is 0.152. The van der Waals surface area contributed by atoms with Crippen LogP contribution in [0.4, 0.5) is 0 Å². The van der Waals surface area contributed by atoms with Gasteiger partial charge in [-0.15, -0.1) is 0 Å². The molecule has 2 aliphatic heterocycles. The van der Waals surface area contributed by atoms with Crippen LogP contribution >= 0.6 is 0 Å². The van der Waals surface area contributed by atoms with Gasteiger partial charge in [0.25, 0.3) is 0 Å². The van der Waals surface area contributed by atoms with Crippen LogP contribution in [0.1, 0.15) is 57.3 Å². The van der Waals surface area contributed by atoms with Crippen molar-refractivity contribution in [2.45, 2.75) is 58.5 Å². The molecule has 0 aromatic carbocycles. The van der Waals surface area contributed by atoms with Gasteiger partial charge < -0.3 is 14.6 Å². The van der Waals surface area contributed by atoms with Crippen LogP contribution in [0.15, 0.2) is 16.2 Å². The largest absolute Gasteiger partial charge is 0.381 e. The predicted molar refractivity (Wildman–Crippen MR) is 97.3 cm³/mol. The molecule has 0 bridgehead atoms. The summed E-state index contributed by atoms with van der Waals surface area (Å²) in [7, 11) is 0. The van der Waals surface area contributed by atoms with Crippen molar-refractivity contribution >= 4 is 0 Å². The number of hydrogen-bond acceptors (Lipinski definition) is 6. The van der Waals surface area contributed by atoms with E-state index in [0.717, 1.165) is 51.6 Å². The molecule has 2 fully saturated rings. The first-order chi connectivity index (χ1) is 12.1. The van der Waals surface area contributed by atoms with Crippen LogP contribution < -0.4 is 5.32 Å². The van der Waals surface area contributed by atoms with Crippen LogP contribution in [0.5, 0.6) is 0 Å². The van der Waals surface area contributed by atoms with Crippen LogP contribution in [0.2, 0.25) is 0 Å². The molecule has 2 aliphatic rings. The van der Waals surface area contributed by atoms with Crippen molar-refractivity contribution in [3.05, 3.63) is 23.4 Å². The van der Waals surface area contributed by atoms with Gasteiger partial charge in [-0.05, 0) is 65.5 Å². The Morgan fingerprint density at radius 3 is 2.56 bits per heavy atom. The van der Waals surface area contributed by atoms with Gasteiger partial charge in [-0.2, -0.15) is 4.98 Å². The number of ether oxygens (including phenoxy) is 1. The maximum atomic E-state index is 5.53. The molecular formula is C19H32N4O2. The average molecular weight is 348 g/mol. The molecule has 6 nitrogen and oxygen atoms in total. The van der Waals surface area contributed by atoms with Gasteiger partial charge in [-0.25, -0.2) is 0 Å². The number of aryl methyl sites for hydroxylation is 1. The van der Waals surface area contributed by atoms with Gasteiger partial charge in [0.15, 0.2) is 5.82 Å². The predicted octanol–water partition coefficient (Wildman–Crippen LogP) is 2.87. The van der Waals surface area contributed by atoms with Crippen molar-refractivity contribution in [1.29, 1.82) is 0 Å². The monoisotopic (exact) mass is 348 g/mol. The van der Waals surface area contributed by atoms with E-state index in [9.17, 15) is 0 Å². The Balaban J connectivity index is 1.58. The lowest BCUT2D eigenvalue weighted by Crippen LogP contribution is -2.45. The summed E-state index contributed by atoms with van der Waals surface area (Å²) >= 11 is 0.